The molecular formula is C17H22O. The zero-order valence-electron chi connectivity index (χ0n) is 11.0. The molecular weight excluding hydrogens is 220 g/mol. The first kappa shape index (κ1) is 14.4. The third kappa shape index (κ3) is 5.62. The molecule has 0 heterocycles. The Bertz CT molecular complexity index is 376. The molecule has 0 unspecified atom stereocenters. The number of rotatable bonds is 9. The van der Waals surface area contributed by atoms with Gasteiger partial charge in [0.15, 0.2) is 0 Å². The first-order valence-electron chi connectivity index (χ1n) is 6.67. The van der Waals surface area contributed by atoms with Gasteiger partial charge in [0.1, 0.15) is 6.29 Å². The Morgan fingerprint density at radius 1 is 1.06 bits per heavy atom. The van der Waals surface area contributed by atoms with Crippen LogP contribution in [0.4, 0.5) is 0 Å². The third-order valence-corrected chi connectivity index (χ3v) is 2.92. The molecule has 0 aliphatic rings. The van der Waals surface area contributed by atoms with E-state index in [4.69, 9.17) is 0 Å². The van der Waals surface area contributed by atoms with Gasteiger partial charge in [-0.2, -0.15) is 0 Å². The minimum absolute atomic E-state index is 0.658. The van der Waals surface area contributed by atoms with Gasteiger partial charge in [-0.1, -0.05) is 42.5 Å². The zero-order valence-corrected chi connectivity index (χ0v) is 11.0. The molecule has 0 saturated heterocycles. The summed E-state index contributed by atoms with van der Waals surface area (Å²) in [7, 11) is 0. The molecule has 0 aliphatic heterocycles. The van der Waals surface area contributed by atoms with Gasteiger partial charge in [0.2, 0.25) is 0 Å². The Labute approximate surface area is 110 Å². The SMILES string of the molecule is C=CCCC/C(=C/CCCC=O)c1ccccc1. The average Bonchev–Trinajstić information content (AvgIpc) is 2.42. The molecule has 0 radical (unpaired) electrons. The Hall–Kier alpha value is -1.63. The highest BCUT2D eigenvalue weighted by Gasteiger charge is 2.00. The van der Waals surface area contributed by atoms with Crippen LogP contribution >= 0.6 is 0 Å². The predicted octanol–water partition coefficient (Wildman–Crippen LogP) is 4.80. The van der Waals surface area contributed by atoms with E-state index in [1.165, 1.54) is 11.1 Å². The van der Waals surface area contributed by atoms with Crippen molar-refractivity contribution in [1.82, 2.24) is 0 Å². The van der Waals surface area contributed by atoms with E-state index < -0.39 is 0 Å². The quantitative estimate of drug-likeness (QED) is 0.345. The summed E-state index contributed by atoms with van der Waals surface area (Å²) >= 11 is 0. The molecule has 1 aromatic carbocycles. The van der Waals surface area contributed by atoms with Gasteiger partial charge >= 0.3 is 0 Å². The molecule has 1 rings (SSSR count). The first-order valence-corrected chi connectivity index (χ1v) is 6.67. The lowest BCUT2D eigenvalue weighted by atomic mass is 9.98. The topological polar surface area (TPSA) is 17.1 Å². The second-order valence-corrected chi connectivity index (χ2v) is 4.37. The van der Waals surface area contributed by atoms with Crippen LogP contribution in [0.5, 0.6) is 0 Å². The van der Waals surface area contributed by atoms with Gasteiger partial charge in [-0.25, -0.2) is 0 Å². The molecule has 0 aromatic heterocycles. The molecule has 0 bridgehead atoms. The van der Waals surface area contributed by atoms with Crippen molar-refractivity contribution in [1.29, 1.82) is 0 Å². The normalized spacial score (nSPS) is 11.2. The summed E-state index contributed by atoms with van der Waals surface area (Å²) in [5.41, 5.74) is 2.69. The average molecular weight is 242 g/mol. The van der Waals surface area contributed by atoms with Gasteiger partial charge in [0.25, 0.3) is 0 Å². The van der Waals surface area contributed by atoms with Crippen molar-refractivity contribution in [3.63, 3.8) is 0 Å². The van der Waals surface area contributed by atoms with Crippen LogP contribution in [0.1, 0.15) is 44.1 Å². The maximum absolute atomic E-state index is 10.3. The molecule has 0 saturated carbocycles. The van der Waals surface area contributed by atoms with Crippen LogP contribution in [0.15, 0.2) is 49.1 Å². The Morgan fingerprint density at radius 3 is 2.50 bits per heavy atom. The van der Waals surface area contributed by atoms with Crippen LogP contribution in [0, 0.1) is 0 Å². The molecule has 0 atom stereocenters. The van der Waals surface area contributed by atoms with E-state index in [2.05, 4.69) is 36.9 Å². The van der Waals surface area contributed by atoms with Crippen LogP contribution in [-0.2, 0) is 4.79 Å². The number of aldehydes is 1. The van der Waals surface area contributed by atoms with Crippen LogP contribution in [0.3, 0.4) is 0 Å². The smallest absolute Gasteiger partial charge is 0.120 e. The predicted molar refractivity (Wildman–Crippen MR) is 78.4 cm³/mol. The molecule has 1 heteroatoms. The van der Waals surface area contributed by atoms with Crippen molar-refractivity contribution in [2.75, 3.05) is 0 Å². The fourth-order valence-corrected chi connectivity index (χ4v) is 1.93. The number of unbranched alkanes of at least 4 members (excludes halogenated alkanes) is 3. The van der Waals surface area contributed by atoms with E-state index in [-0.39, 0.29) is 0 Å². The standard InChI is InChI=1S/C17H22O/c1-2-3-6-11-16(14-9-5-10-15-18)17-12-7-4-8-13-17/h2,4,7-8,12-15H,1,3,5-6,9-11H2/b16-14-. The van der Waals surface area contributed by atoms with Crippen LogP contribution in [0.2, 0.25) is 0 Å². The van der Waals surface area contributed by atoms with Crippen molar-refractivity contribution in [2.24, 2.45) is 0 Å². The van der Waals surface area contributed by atoms with Crippen molar-refractivity contribution in [3.8, 4) is 0 Å². The molecule has 18 heavy (non-hydrogen) atoms. The number of hydrogen-bond donors (Lipinski definition) is 0. The molecule has 0 fully saturated rings. The fraction of sp³-hybridized carbons (Fsp3) is 0.353. The second-order valence-electron chi connectivity index (χ2n) is 4.37. The van der Waals surface area contributed by atoms with Crippen LogP contribution in [-0.4, -0.2) is 6.29 Å². The van der Waals surface area contributed by atoms with E-state index in [9.17, 15) is 4.79 Å². The van der Waals surface area contributed by atoms with Crippen molar-refractivity contribution >= 4 is 11.9 Å². The summed E-state index contributed by atoms with van der Waals surface area (Å²) in [4.78, 5) is 10.3. The van der Waals surface area contributed by atoms with Gasteiger partial charge in [-0.3, -0.25) is 0 Å². The summed E-state index contributed by atoms with van der Waals surface area (Å²) in [6, 6.07) is 10.5. The second kappa shape index (κ2) is 9.41. The third-order valence-electron chi connectivity index (χ3n) is 2.92. The molecule has 96 valence electrons. The summed E-state index contributed by atoms with van der Waals surface area (Å²) in [6.45, 7) is 3.76. The lowest BCUT2D eigenvalue weighted by Gasteiger charge is -2.07. The van der Waals surface area contributed by atoms with Gasteiger partial charge in [0.05, 0.1) is 0 Å². The molecule has 1 nitrogen and oxygen atoms in total. The summed E-state index contributed by atoms with van der Waals surface area (Å²) in [5, 5.41) is 0. The Kier molecular flexibility index (Phi) is 7.54. The van der Waals surface area contributed by atoms with Crippen molar-refractivity contribution < 1.29 is 4.79 Å². The fourth-order valence-electron chi connectivity index (χ4n) is 1.93. The monoisotopic (exact) mass is 242 g/mol. The van der Waals surface area contributed by atoms with Crippen molar-refractivity contribution in [2.45, 2.75) is 38.5 Å². The molecule has 0 amide bonds. The number of carbonyl (C=O) groups excluding carboxylic acids is 1. The van der Waals surface area contributed by atoms with Gasteiger partial charge in [-0.05, 0) is 43.2 Å². The van der Waals surface area contributed by atoms with E-state index in [1.807, 2.05) is 12.1 Å². The highest BCUT2D eigenvalue weighted by atomic mass is 16.1. The highest BCUT2D eigenvalue weighted by molar-refractivity contribution is 5.65. The summed E-state index contributed by atoms with van der Waals surface area (Å²) in [6.07, 6.45) is 11.1. The largest absolute Gasteiger partial charge is 0.303 e. The van der Waals surface area contributed by atoms with Gasteiger partial charge in [-0.15, -0.1) is 6.58 Å². The lowest BCUT2D eigenvalue weighted by molar-refractivity contribution is -0.107. The maximum atomic E-state index is 10.3. The minimum Gasteiger partial charge on any atom is -0.303 e. The number of allylic oxidation sites excluding steroid dienone is 3. The zero-order chi connectivity index (χ0) is 13.1. The van der Waals surface area contributed by atoms with E-state index in [0.29, 0.717) is 6.42 Å². The molecule has 0 aliphatic carbocycles. The number of benzene rings is 1. The van der Waals surface area contributed by atoms with Crippen LogP contribution in [0.25, 0.3) is 5.57 Å². The number of hydrogen-bond acceptors (Lipinski definition) is 1. The summed E-state index contributed by atoms with van der Waals surface area (Å²) < 4.78 is 0. The Morgan fingerprint density at radius 2 is 1.83 bits per heavy atom. The minimum atomic E-state index is 0.658. The van der Waals surface area contributed by atoms with Gasteiger partial charge in [0, 0.05) is 6.42 Å². The molecule has 0 spiro atoms. The first-order chi connectivity index (χ1) is 8.88. The Balaban J connectivity index is 2.62. The maximum Gasteiger partial charge on any atom is 0.120 e. The van der Waals surface area contributed by atoms with Crippen molar-refractivity contribution in [3.05, 3.63) is 54.6 Å². The van der Waals surface area contributed by atoms with Crippen LogP contribution < -0.4 is 0 Å². The van der Waals surface area contributed by atoms with E-state index in [0.717, 1.165) is 38.4 Å². The van der Waals surface area contributed by atoms with E-state index >= 15 is 0 Å². The summed E-state index contributed by atoms with van der Waals surface area (Å²) in [5.74, 6) is 0. The van der Waals surface area contributed by atoms with E-state index in [1.54, 1.807) is 0 Å². The number of carbonyl (C=O) groups is 1. The van der Waals surface area contributed by atoms with Gasteiger partial charge < -0.3 is 4.79 Å². The molecule has 1 aromatic rings. The highest BCUT2D eigenvalue weighted by Crippen LogP contribution is 2.21. The lowest BCUT2D eigenvalue weighted by Crippen LogP contribution is -1.86. The molecule has 0 N–H and O–H groups in total.